The Kier molecular flexibility index (Phi) is 6.16. The Balaban J connectivity index is 1.23. The molecule has 170 valence electrons. The molecule has 5 heteroatoms. The van der Waals surface area contributed by atoms with Gasteiger partial charge in [0.15, 0.2) is 0 Å². The predicted octanol–water partition coefficient (Wildman–Crippen LogP) is 5.08. The number of rotatable bonds is 7. The highest BCUT2D eigenvalue weighted by molar-refractivity contribution is 5.82. The first-order valence-electron chi connectivity index (χ1n) is 11.7. The molecule has 0 saturated carbocycles. The Bertz CT molecular complexity index is 1250. The summed E-state index contributed by atoms with van der Waals surface area (Å²) in [6, 6.07) is 23.4. The second-order valence-electron chi connectivity index (χ2n) is 9.20. The molecular weight excluding hydrogens is 410 g/mol. The summed E-state index contributed by atoms with van der Waals surface area (Å²) in [4.78, 5) is 6.81. The normalized spacial score (nSPS) is 15.0. The highest BCUT2D eigenvalue weighted by Crippen LogP contribution is 2.28. The molecule has 1 N–H and O–H groups in total. The van der Waals surface area contributed by atoms with Crippen molar-refractivity contribution in [3.8, 4) is 16.9 Å². The SMILES string of the molecule is CC(C)n1cnc2ccc(-c3cccc(OCC(O)CN4CCc5ccccc5C4)c3)cc21. The molecule has 0 aliphatic carbocycles. The fourth-order valence-corrected chi connectivity index (χ4v) is 4.64. The number of imidazole rings is 1. The molecule has 0 saturated heterocycles. The van der Waals surface area contributed by atoms with Gasteiger partial charge in [-0.1, -0.05) is 42.5 Å². The van der Waals surface area contributed by atoms with Crippen molar-refractivity contribution in [2.45, 2.75) is 39.0 Å². The molecule has 5 nitrogen and oxygen atoms in total. The lowest BCUT2D eigenvalue weighted by Gasteiger charge is -2.30. The van der Waals surface area contributed by atoms with Crippen molar-refractivity contribution in [1.29, 1.82) is 0 Å². The lowest BCUT2D eigenvalue weighted by Crippen LogP contribution is -2.38. The first-order chi connectivity index (χ1) is 16.1. The topological polar surface area (TPSA) is 50.5 Å². The molecule has 33 heavy (non-hydrogen) atoms. The molecule has 0 bridgehead atoms. The average molecular weight is 442 g/mol. The lowest BCUT2D eigenvalue weighted by atomic mass is 10.00. The van der Waals surface area contributed by atoms with Gasteiger partial charge in [-0.2, -0.15) is 0 Å². The standard InChI is InChI=1S/C28H31N3O2/c1-20(2)31-19-29-27-11-10-23(15-28(27)31)22-8-5-9-26(14-22)33-18-25(32)17-30-13-12-21-6-3-4-7-24(21)16-30/h3-11,14-15,19-20,25,32H,12-13,16-18H2,1-2H3. The van der Waals surface area contributed by atoms with Crippen molar-refractivity contribution in [3.05, 3.63) is 84.2 Å². The molecule has 0 radical (unpaired) electrons. The van der Waals surface area contributed by atoms with E-state index < -0.39 is 6.10 Å². The van der Waals surface area contributed by atoms with E-state index in [0.29, 0.717) is 12.6 Å². The monoisotopic (exact) mass is 441 g/mol. The number of nitrogens with zero attached hydrogens (tertiary/aromatic N) is 3. The summed E-state index contributed by atoms with van der Waals surface area (Å²) in [6.07, 6.45) is 2.41. The zero-order valence-corrected chi connectivity index (χ0v) is 19.3. The Morgan fingerprint density at radius 1 is 0.970 bits per heavy atom. The fraction of sp³-hybridized carbons (Fsp3) is 0.321. The van der Waals surface area contributed by atoms with Crippen LogP contribution in [0.3, 0.4) is 0 Å². The molecule has 2 heterocycles. The van der Waals surface area contributed by atoms with Crippen molar-refractivity contribution < 1.29 is 9.84 Å². The van der Waals surface area contributed by atoms with Crippen molar-refractivity contribution in [2.75, 3.05) is 19.7 Å². The van der Waals surface area contributed by atoms with Crippen LogP contribution in [-0.4, -0.2) is 45.4 Å². The number of β-amino-alcohol motifs (C(OH)–C–C–N with tert-alkyl or cyclic N) is 1. The third-order valence-electron chi connectivity index (χ3n) is 6.42. The molecule has 0 amide bonds. The number of fused-ring (bicyclic) bond motifs is 2. The molecule has 1 aromatic heterocycles. The maximum Gasteiger partial charge on any atom is 0.120 e. The van der Waals surface area contributed by atoms with Gasteiger partial charge in [-0.3, -0.25) is 4.90 Å². The van der Waals surface area contributed by atoms with Gasteiger partial charge in [-0.25, -0.2) is 4.98 Å². The van der Waals surface area contributed by atoms with Crippen LogP contribution < -0.4 is 4.74 Å². The summed E-state index contributed by atoms with van der Waals surface area (Å²) in [5, 5.41) is 10.6. The van der Waals surface area contributed by atoms with Crippen molar-refractivity contribution >= 4 is 11.0 Å². The van der Waals surface area contributed by atoms with Gasteiger partial charge in [-0.05, 0) is 66.8 Å². The molecule has 5 rings (SSSR count). The third kappa shape index (κ3) is 4.80. The first-order valence-corrected chi connectivity index (χ1v) is 11.7. The zero-order chi connectivity index (χ0) is 22.8. The van der Waals surface area contributed by atoms with Crippen molar-refractivity contribution in [1.82, 2.24) is 14.5 Å². The van der Waals surface area contributed by atoms with Crippen LogP contribution in [0.2, 0.25) is 0 Å². The second-order valence-corrected chi connectivity index (χ2v) is 9.20. The van der Waals surface area contributed by atoms with E-state index in [1.54, 1.807) is 0 Å². The van der Waals surface area contributed by atoms with E-state index in [1.165, 1.54) is 11.1 Å². The maximum absolute atomic E-state index is 10.6. The number of aliphatic hydroxyl groups is 1. The van der Waals surface area contributed by atoms with Gasteiger partial charge in [0.05, 0.1) is 17.4 Å². The van der Waals surface area contributed by atoms with Crippen LogP contribution in [-0.2, 0) is 13.0 Å². The quantitative estimate of drug-likeness (QED) is 0.434. The molecule has 3 aromatic carbocycles. The number of aliphatic hydroxyl groups excluding tert-OH is 1. The highest BCUT2D eigenvalue weighted by atomic mass is 16.5. The van der Waals surface area contributed by atoms with E-state index in [0.717, 1.165) is 47.4 Å². The largest absolute Gasteiger partial charge is 0.491 e. The Morgan fingerprint density at radius 3 is 2.64 bits per heavy atom. The molecule has 1 atom stereocenters. The molecule has 1 unspecified atom stereocenters. The predicted molar refractivity (Wildman–Crippen MR) is 132 cm³/mol. The number of hydrogen-bond donors (Lipinski definition) is 1. The summed E-state index contributed by atoms with van der Waals surface area (Å²) in [5.74, 6) is 0.771. The summed E-state index contributed by atoms with van der Waals surface area (Å²) in [7, 11) is 0. The summed E-state index contributed by atoms with van der Waals surface area (Å²) in [6.45, 7) is 7.08. The molecule has 1 aliphatic heterocycles. The minimum Gasteiger partial charge on any atom is -0.491 e. The maximum atomic E-state index is 10.6. The minimum atomic E-state index is -0.532. The van der Waals surface area contributed by atoms with E-state index in [1.807, 2.05) is 24.5 Å². The van der Waals surface area contributed by atoms with Gasteiger partial charge in [0, 0.05) is 25.7 Å². The van der Waals surface area contributed by atoms with Crippen LogP contribution in [0.4, 0.5) is 0 Å². The zero-order valence-electron chi connectivity index (χ0n) is 19.3. The number of benzene rings is 3. The van der Waals surface area contributed by atoms with Crippen LogP contribution in [0, 0.1) is 0 Å². The van der Waals surface area contributed by atoms with E-state index in [4.69, 9.17) is 4.74 Å². The molecule has 0 spiro atoms. The number of aromatic nitrogens is 2. The average Bonchev–Trinajstić information content (AvgIpc) is 3.26. The van der Waals surface area contributed by atoms with Gasteiger partial charge >= 0.3 is 0 Å². The lowest BCUT2D eigenvalue weighted by molar-refractivity contribution is 0.0638. The fourth-order valence-electron chi connectivity index (χ4n) is 4.64. The van der Waals surface area contributed by atoms with Crippen LogP contribution >= 0.6 is 0 Å². The summed E-state index contributed by atoms with van der Waals surface area (Å²) >= 11 is 0. The Labute approximate surface area is 195 Å². The molecular formula is C28H31N3O2. The van der Waals surface area contributed by atoms with Gasteiger partial charge in [0.25, 0.3) is 0 Å². The molecule has 1 aliphatic rings. The summed E-state index contributed by atoms with van der Waals surface area (Å²) in [5.41, 5.74) is 7.14. The molecule has 4 aromatic rings. The summed E-state index contributed by atoms with van der Waals surface area (Å²) < 4.78 is 8.17. The van der Waals surface area contributed by atoms with E-state index in [2.05, 4.69) is 76.8 Å². The smallest absolute Gasteiger partial charge is 0.120 e. The van der Waals surface area contributed by atoms with Crippen LogP contribution in [0.5, 0.6) is 5.75 Å². The van der Waals surface area contributed by atoms with Crippen molar-refractivity contribution in [2.24, 2.45) is 0 Å². The van der Waals surface area contributed by atoms with Gasteiger partial charge in [0.2, 0.25) is 0 Å². The van der Waals surface area contributed by atoms with Crippen LogP contribution in [0.25, 0.3) is 22.2 Å². The highest BCUT2D eigenvalue weighted by Gasteiger charge is 2.18. The minimum absolute atomic E-state index is 0.279. The van der Waals surface area contributed by atoms with E-state index in [-0.39, 0.29) is 6.61 Å². The molecule has 0 fully saturated rings. The number of ether oxygens (including phenoxy) is 1. The first kappa shape index (κ1) is 21.7. The van der Waals surface area contributed by atoms with Crippen LogP contribution in [0.15, 0.2) is 73.1 Å². The Morgan fingerprint density at radius 2 is 1.79 bits per heavy atom. The van der Waals surface area contributed by atoms with Crippen LogP contribution in [0.1, 0.15) is 31.0 Å². The second kappa shape index (κ2) is 9.38. The van der Waals surface area contributed by atoms with Crippen molar-refractivity contribution in [3.63, 3.8) is 0 Å². The third-order valence-corrected chi connectivity index (χ3v) is 6.42. The number of hydrogen-bond acceptors (Lipinski definition) is 4. The van der Waals surface area contributed by atoms with E-state index >= 15 is 0 Å². The van der Waals surface area contributed by atoms with Gasteiger partial charge in [-0.15, -0.1) is 0 Å². The van der Waals surface area contributed by atoms with Gasteiger partial charge in [0.1, 0.15) is 18.5 Å². The van der Waals surface area contributed by atoms with Gasteiger partial charge < -0.3 is 14.4 Å². The Hall–Kier alpha value is -3.15. The van der Waals surface area contributed by atoms with E-state index in [9.17, 15) is 5.11 Å².